The monoisotopic (exact) mass is 444 g/mol. The Bertz CT molecular complexity index is 1140. The summed E-state index contributed by atoms with van der Waals surface area (Å²) in [4.78, 5) is 25.3. The van der Waals surface area contributed by atoms with Crippen molar-refractivity contribution in [2.45, 2.75) is 0 Å². The van der Waals surface area contributed by atoms with E-state index in [0.717, 1.165) is 0 Å². The number of nitrogens with two attached hydrogens (primary N) is 1. The van der Waals surface area contributed by atoms with Crippen LogP contribution in [0.15, 0.2) is 28.7 Å². The van der Waals surface area contributed by atoms with Crippen LogP contribution in [0, 0.1) is 0 Å². The Balaban J connectivity index is 2.20. The van der Waals surface area contributed by atoms with Gasteiger partial charge in [0.15, 0.2) is 22.9 Å². The van der Waals surface area contributed by atoms with Gasteiger partial charge in [0, 0.05) is 10.9 Å². The summed E-state index contributed by atoms with van der Waals surface area (Å²) in [5, 5.41) is 3.24. The summed E-state index contributed by atoms with van der Waals surface area (Å²) in [5.41, 5.74) is 7.04. The lowest BCUT2D eigenvalue weighted by atomic mass is 10.00. The summed E-state index contributed by atoms with van der Waals surface area (Å²) in [5.74, 6) is 0.465. The minimum Gasteiger partial charge on any atom is -0.494 e. The predicted molar refractivity (Wildman–Crippen MR) is 117 cm³/mol. The van der Waals surface area contributed by atoms with Gasteiger partial charge in [-0.05, 0) is 24.3 Å². The second-order valence-electron chi connectivity index (χ2n) is 6.54. The molecule has 0 aliphatic carbocycles. The van der Waals surface area contributed by atoms with Gasteiger partial charge in [-0.25, -0.2) is 0 Å². The van der Waals surface area contributed by atoms with Crippen molar-refractivity contribution in [1.82, 2.24) is 0 Å². The smallest absolute Gasteiger partial charge is 0.325 e. The number of ether oxygens (including phenoxy) is 5. The van der Waals surface area contributed by atoms with Crippen LogP contribution in [0.2, 0.25) is 0 Å². The van der Waals surface area contributed by atoms with Crippen molar-refractivity contribution in [1.29, 1.82) is 0 Å². The Kier molecular flexibility index (Phi) is 6.62. The molecule has 170 valence electrons. The molecule has 1 heterocycles. The number of rotatable bonds is 9. The number of furan rings is 1. The third-order valence-electron chi connectivity index (χ3n) is 4.85. The van der Waals surface area contributed by atoms with E-state index in [-0.39, 0.29) is 34.8 Å². The van der Waals surface area contributed by atoms with E-state index >= 15 is 0 Å². The zero-order chi connectivity index (χ0) is 23.4. The zero-order valence-electron chi connectivity index (χ0n) is 18.4. The van der Waals surface area contributed by atoms with Gasteiger partial charge in [0.25, 0.3) is 0 Å². The van der Waals surface area contributed by atoms with E-state index in [4.69, 9.17) is 29.1 Å². The average Bonchev–Trinajstić information content (AvgIpc) is 3.20. The van der Waals surface area contributed by atoms with Gasteiger partial charge in [-0.3, -0.25) is 9.59 Å². The van der Waals surface area contributed by atoms with Gasteiger partial charge in [0.2, 0.25) is 11.6 Å². The van der Waals surface area contributed by atoms with Crippen LogP contribution in [0.25, 0.3) is 11.0 Å². The highest BCUT2D eigenvalue weighted by molar-refractivity contribution is 6.21. The lowest BCUT2D eigenvalue weighted by Crippen LogP contribution is -2.16. The summed E-state index contributed by atoms with van der Waals surface area (Å²) >= 11 is 0. The van der Waals surface area contributed by atoms with E-state index in [1.165, 1.54) is 47.7 Å². The van der Waals surface area contributed by atoms with Crippen LogP contribution in [0.4, 0.5) is 11.6 Å². The molecule has 3 N–H and O–H groups in total. The first-order valence-corrected chi connectivity index (χ1v) is 9.44. The highest BCUT2D eigenvalue weighted by atomic mass is 16.5. The van der Waals surface area contributed by atoms with E-state index in [0.29, 0.717) is 28.4 Å². The molecule has 0 spiro atoms. The number of ketones is 1. The molecule has 0 saturated heterocycles. The Labute approximate surface area is 184 Å². The van der Waals surface area contributed by atoms with Crippen molar-refractivity contribution in [2.75, 3.05) is 53.1 Å². The molecule has 0 amide bonds. The fourth-order valence-corrected chi connectivity index (χ4v) is 3.27. The Morgan fingerprint density at radius 2 is 1.56 bits per heavy atom. The van der Waals surface area contributed by atoms with Gasteiger partial charge in [-0.15, -0.1) is 0 Å². The Morgan fingerprint density at radius 3 is 2.09 bits per heavy atom. The molecule has 1 aromatic heterocycles. The number of methoxy groups -OCH3 is 5. The lowest BCUT2D eigenvalue weighted by molar-refractivity contribution is -0.138. The topological polar surface area (TPSA) is 131 Å². The fourth-order valence-electron chi connectivity index (χ4n) is 3.27. The predicted octanol–water partition coefficient (Wildman–Crippen LogP) is 2.87. The molecular formula is C22H24N2O8. The van der Waals surface area contributed by atoms with Crippen LogP contribution < -0.4 is 30.0 Å². The van der Waals surface area contributed by atoms with Gasteiger partial charge in [0.1, 0.15) is 18.0 Å². The van der Waals surface area contributed by atoms with E-state index in [9.17, 15) is 9.59 Å². The summed E-state index contributed by atoms with van der Waals surface area (Å²) in [6.07, 6.45) is 0. The van der Waals surface area contributed by atoms with E-state index in [1.54, 1.807) is 12.1 Å². The van der Waals surface area contributed by atoms with Crippen LogP contribution in [-0.2, 0) is 9.53 Å². The molecular weight excluding hydrogens is 420 g/mol. The second kappa shape index (κ2) is 9.38. The minimum absolute atomic E-state index is 0.0594. The molecule has 0 radical (unpaired) electrons. The van der Waals surface area contributed by atoms with Crippen LogP contribution >= 0.6 is 0 Å². The number of nitrogen functional groups attached to an aromatic ring is 1. The van der Waals surface area contributed by atoms with Crippen molar-refractivity contribution >= 4 is 34.3 Å². The normalized spacial score (nSPS) is 10.5. The minimum atomic E-state index is -0.540. The zero-order valence-corrected chi connectivity index (χ0v) is 18.4. The molecule has 3 aromatic rings. The number of hydrogen-bond acceptors (Lipinski definition) is 10. The van der Waals surface area contributed by atoms with Crippen molar-refractivity contribution < 1.29 is 37.7 Å². The molecule has 0 atom stereocenters. The van der Waals surface area contributed by atoms with Crippen LogP contribution in [0.3, 0.4) is 0 Å². The molecule has 0 aliphatic heterocycles. The van der Waals surface area contributed by atoms with Crippen molar-refractivity contribution in [3.8, 4) is 23.0 Å². The lowest BCUT2D eigenvalue weighted by Gasteiger charge is -2.14. The number of hydrogen-bond donors (Lipinski definition) is 2. The van der Waals surface area contributed by atoms with Gasteiger partial charge >= 0.3 is 5.97 Å². The summed E-state index contributed by atoms with van der Waals surface area (Å²) in [7, 11) is 7.10. The number of anilines is 2. The first-order valence-electron chi connectivity index (χ1n) is 9.44. The van der Waals surface area contributed by atoms with Crippen LogP contribution in [0.1, 0.15) is 15.9 Å². The number of esters is 1. The maximum Gasteiger partial charge on any atom is 0.325 e. The molecule has 0 fully saturated rings. The van der Waals surface area contributed by atoms with Gasteiger partial charge in [-0.1, -0.05) is 0 Å². The van der Waals surface area contributed by atoms with Crippen molar-refractivity contribution in [3.63, 3.8) is 0 Å². The molecule has 3 rings (SSSR count). The molecule has 0 saturated carbocycles. The Morgan fingerprint density at radius 1 is 0.938 bits per heavy atom. The SMILES string of the molecule is COC(=O)CNc1oc2c(N)c(OC)ccc2c1C(=O)c1cc(OC)c(OC)c(OC)c1. The van der Waals surface area contributed by atoms with E-state index < -0.39 is 11.8 Å². The molecule has 2 aromatic carbocycles. The molecule has 10 heteroatoms. The second-order valence-corrected chi connectivity index (χ2v) is 6.54. The van der Waals surface area contributed by atoms with Crippen LogP contribution in [-0.4, -0.2) is 53.8 Å². The largest absolute Gasteiger partial charge is 0.494 e. The molecule has 32 heavy (non-hydrogen) atoms. The van der Waals surface area contributed by atoms with Gasteiger partial charge in [-0.2, -0.15) is 0 Å². The summed E-state index contributed by atoms with van der Waals surface area (Å²) < 4.78 is 31.8. The van der Waals surface area contributed by atoms with Gasteiger partial charge < -0.3 is 39.2 Å². The summed E-state index contributed by atoms with van der Waals surface area (Å²) in [6, 6.07) is 6.34. The third-order valence-corrected chi connectivity index (χ3v) is 4.85. The maximum absolute atomic E-state index is 13.6. The number of carbonyl (C=O) groups excluding carboxylic acids is 2. The number of carbonyl (C=O) groups is 2. The summed E-state index contributed by atoms with van der Waals surface area (Å²) in [6.45, 7) is -0.219. The van der Waals surface area contributed by atoms with Gasteiger partial charge in [0.05, 0.1) is 41.1 Å². The first kappa shape index (κ1) is 22.6. The number of fused-ring (bicyclic) bond motifs is 1. The number of benzene rings is 2. The standard InChI is InChI=1S/C22H24N2O8/c1-27-13-7-6-12-17(22(24-10-16(25)30-4)32-20(12)18(13)23)19(26)11-8-14(28-2)21(31-5)15(9-11)29-3/h6-9,24H,10,23H2,1-5H3. The van der Waals surface area contributed by atoms with Crippen LogP contribution in [0.5, 0.6) is 23.0 Å². The average molecular weight is 444 g/mol. The molecule has 0 unspecified atom stereocenters. The fraction of sp³-hybridized carbons (Fsp3) is 0.273. The number of nitrogens with one attached hydrogen (secondary N) is 1. The van der Waals surface area contributed by atoms with E-state index in [1.807, 2.05) is 0 Å². The van der Waals surface area contributed by atoms with E-state index in [2.05, 4.69) is 10.1 Å². The highest BCUT2D eigenvalue weighted by Crippen LogP contribution is 2.42. The Hall–Kier alpha value is -4.08. The maximum atomic E-state index is 13.6. The molecule has 0 aliphatic rings. The molecule has 10 nitrogen and oxygen atoms in total. The first-order chi connectivity index (χ1) is 15.4. The highest BCUT2D eigenvalue weighted by Gasteiger charge is 2.27. The third kappa shape index (κ3) is 3.94. The molecule has 0 bridgehead atoms. The van der Waals surface area contributed by atoms with Crippen molar-refractivity contribution in [2.24, 2.45) is 0 Å². The quantitative estimate of drug-likeness (QED) is 0.288. The van der Waals surface area contributed by atoms with Crippen molar-refractivity contribution in [3.05, 3.63) is 35.4 Å².